The number of likely N-dealkylation sites (N-methyl/N-ethyl adjacent to an activating group) is 1. The van der Waals surface area contributed by atoms with E-state index in [0.717, 1.165) is 14.6 Å². The lowest BCUT2D eigenvalue weighted by Crippen LogP contribution is -2.48. The number of hydrogen-bond donors (Lipinski definition) is 2. The molecule has 6 heteroatoms. The molecule has 0 aliphatic heterocycles. The highest BCUT2D eigenvalue weighted by molar-refractivity contribution is 9.10. The van der Waals surface area contributed by atoms with Gasteiger partial charge in [0.2, 0.25) is 0 Å². The van der Waals surface area contributed by atoms with E-state index in [0.29, 0.717) is 17.1 Å². The zero-order chi connectivity index (χ0) is 15.8. The van der Waals surface area contributed by atoms with E-state index in [-0.39, 0.29) is 11.4 Å². The smallest absolute Gasteiger partial charge is 0.263 e. The van der Waals surface area contributed by atoms with Crippen molar-refractivity contribution < 1.29 is 4.79 Å². The molecule has 0 bridgehead atoms. The van der Waals surface area contributed by atoms with Gasteiger partial charge in [0.05, 0.1) is 5.69 Å². The third kappa shape index (κ3) is 3.39. The highest BCUT2D eigenvalue weighted by atomic mass is 79.9. The third-order valence-corrected chi connectivity index (χ3v) is 5.45. The van der Waals surface area contributed by atoms with Gasteiger partial charge in [0, 0.05) is 26.6 Å². The third-order valence-electron chi connectivity index (χ3n) is 3.79. The molecule has 3 N–H and O–H groups in total. The molecular weight excluding hydrogens is 350 g/mol. The lowest BCUT2D eigenvalue weighted by atomic mass is 10.0. The minimum absolute atomic E-state index is 0.107. The van der Waals surface area contributed by atoms with Gasteiger partial charge >= 0.3 is 0 Å². The molecule has 4 nitrogen and oxygen atoms in total. The molecule has 0 spiro atoms. The molecule has 0 saturated carbocycles. The van der Waals surface area contributed by atoms with Crippen LogP contribution < -0.4 is 11.1 Å². The SMILES string of the molecule is CN(C)C(C)(C)CNC(=O)c1sc2cc(Br)ccc2c1N. The Morgan fingerprint density at radius 2 is 2.10 bits per heavy atom. The van der Waals surface area contributed by atoms with E-state index in [4.69, 9.17) is 5.73 Å². The van der Waals surface area contributed by atoms with Crippen molar-refractivity contribution in [2.75, 3.05) is 26.4 Å². The Balaban J connectivity index is 2.22. The number of fused-ring (bicyclic) bond motifs is 1. The summed E-state index contributed by atoms with van der Waals surface area (Å²) < 4.78 is 2.00. The first-order valence-corrected chi connectivity index (χ1v) is 8.26. The molecule has 0 aliphatic rings. The Kier molecular flexibility index (Phi) is 4.60. The molecule has 0 radical (unpaired) electrons. The van der Waals surface area contributed by atoms with E-state index in [1.54, 1.807) is 0 Å². The van der Waals surface area contributed by atoms with Gasteiger partial charge in [-0.05, 0) is 40.1 Å². The minimum Gasteiger partial charge on any atom is -0.397 e. The number of amides is 1. The molecule has 1 aromatic heterocycles. The molecular formula is C15H20BrN3OS. The Bertz CT molecular complexity index is 679. The minimum atomic E-state index is -0.111. The van der Waals surface area contributed by atoms with Crippen molar-refractivity contribution in [3.8, 4) is 0 Å². The molecule has 2 aromatic rings. The van der Waals surface area contributed by atoms with Gasteiger partial charge in [-0.3, -0.25) is 4.79 Å². The van der Waals surface area contributed by atoms with Crippen molar-refractivity contribution in [3.63, 3.8) is 0 Å². The van der Waals surface area contributed by atoms with Crippen molar-refractivity contribution in [1.29, 1.82) is 0 Å². The van der Waals surface area contributed by atoms with E-state index in [1.807, 2.05) is 32.3 Å². The Hall–Kier alpha value is -1.11. The highest BCUT2D eigenvalue weighted by Gasteiger charge is 2.23. The van der Waals surface area contributed by atoms with Crippen LogP contribution in [0.15, 0.2) is 22.7 Å². The Labute approximate surface area is 137 Å². The summed E-state index contributed by atoms with van der Waals surface area (Å²) in [5.74, 6) is -0.111. The van der Waals surface area contributed by atoms with E-state index < -0.39 is 0 Å². The molecule has 114 valence electrons. The average molecular weight is 370 g/mol. The first-order chi connectivity index (χ1) is 9.72. The summed E-state index contributed by atoms with van der Waals surface area (Å²) in [6, 6.07) is 5.85. The predicted octanol–water partition coefficient (Wildman–Crippen LogP) is 3.32. The number of carbonyl (C=O) groups is 1. The Morgan fingerprint density at radius 1 is 1.43 bits per heavy atom. The molecule has 1 aromatic carbocycles. The van der Waals surface area contributed by atoms with Crippen molar-refractivity contribution in [2.45, 2.75) is 19.4 Å². The Morgan fingerprint density at radius 3 is 2.71 bits per heavy atom. The fraction of sp³-hybridized carbons (Fsp3) is 0.400. The quantitative estimate of drug-likeness (QED) is 0.868. The number of carbonyl (C=O) groups excluding carboxylic acids is 1. The van der Waals surface area contributed by atoms with Crippen LogP contribution in [-0.4, -0.2) is 37.0 Å². The lowest BCUT2D eigenvalue weighted by molar-refractivity contribution is 0.0924. The second-order valence-corrected chi connectivity index (χ2v) is 7.84. The molecule has 0 fully saturated rings. The van der Waals surface area contributed by atoms with Crippen molar-refractivity contribution in [2.24, 2.45) is 0 Å². The van der Waals surface area contributed by atoms with E-state index in [9.17, 15) is 4.79 Å². The van der Waals surface area contributed by atoms with Crippen LogP contribution in [0.3, 0.4) is 0 Å². The van der Waals surface area contributed by atoms with Crippen LogP contribution in [-0.2, 0) is 0 Å². The molecule has 1 heterocycles. The zero-order valence-corrected chi connectivity index (χ0v) is 15.1. The van der Waals surface area contributed by atoms with Gasteiger partial charge in [-0.2, -0.15) is 0 Å². The number of nitrogens with one attached hydrogen (secondary N) is 1. The summed E-state index contributed by atoms with van der Waals surface area (Å²) in [5.41, 5.74) is 6.56. The monoisotopic (exact) mass is 369 g/mol. The lowest BCUT2D eigenvalue weighted by Gasteiger charge is -2.32. The summed E-state index contributed by atoms with van der Waals surface area (Å²) >= 11 is 4.86. The number of nitrogens with zero attached hydrogens (tertiary/aromatic N) is 1. The van der Waals surface area contributed by atoms with Crippen LogP contribution >= 0.6 is 27.3 Å². The summed E-state index contributed by atoms with van der Waals surface area (Å²) in [7, 11) is 4.00. The van der Waals surface area contributed by atoms with E-state index in [1.165, 1.54) is 11.3 Å². The fourth-order valence-electron chi connectivity index (χ4n) is 1.79. The predicted molar refractivity (Wildman–Crippen MR) is 94.0 cm³/mol. The van der Waals surface area contributed by atoms with Crippen LogP contribution in [0.2, 0.25) is 0 Å². The first-order valence-electron chi connectivity index (χ1n) is 6.65. The summed E-state index contributed by atoms with van der Waals surface area (Å²) in [6.07, 6.45) is 0. The standard InChI is InChI=1S/C15H20BrN3OS/c1-15(2,19(3)4)8-18-14(20)13-12(17)10-6-5-9(16)7-11(10)21-13/h5-7H,8,17H2,1-4H3,(H,18,20). The van der Waals surface area contributed by atoms with Crippen LogP contribution in [0.25, 0.3) is 10.1 Å². The molecule has 0 atom stereocenters. The number of nitrogens with two attached hydrogens (primary N) is 1. The molecule has 0 aliphatic carbocycles. The summed E-state index contributed by atoms with van der Waals surface area (Å²) in [4.78, 5) is 15.0. The second kappa shape index (κ2) is 5.94. The number of halogens is 1. The number of nitrogen functional groups attached to an aromatic ring is 1. The summed E-state index contributed by atoms with van der Waals surface area (Å²) in [5, 5.41) is 3.91. The number of hydrogen-bond acceptors (Lipinski definition) is 4. The molecule has 0 unspecified atom stereocenters. The van der Waals surface area contributed by atoms with Crippen LogP contribution in [0, 0.1) is 0 Å². The van der Waals surface area contributed by atoms with Crippen LogP contribution in [0.4, 0.5) is 5.69 Å². The molecule has 2 rings (SSSR count). The number of rotatable bonds is 4. The number of thiophene rings is 1. The molecule has 0 saturated heterocycles. The normalized spacial score (nSPS) is 12.1. The highest BCUT2D eigenvalue weighted by Crippen LogP contribution is 2.35. The maximum absolute atomic E-state index is 12.4. The molecule has 1 amide bonds. The van der Waals surface area contributed by atoms with Gasteiger partial charge in [0.25, 0.3) is 5.91 Å². The largest absolute Gasteiger partial charge is 0.397 e. The number of anilines is 1. The average Bonchev–Trinajstić information content (AvgIpc) is 2.72. The molecule has 21 heavy (non-hydrogen) atoms. The van der Waals surface area contributed by atoms with Gasteiger partial charge < -0.3 is 16.0 Å². The van der Waals surface area contributed by atoms with Crippen molar-refractivity contribution in [3.05, 3.63) is 27.5 Å². The maximum Gasteiger partial charge on any atom is 0.263 e. The van der Waals surface area contributed by atoms with Crippen LogP contribution in [0.5, 0.6) is 0 Å². The van der Waals surface area contributed by atoms with Gasteiger partial charge in [-0.25, -0.2) is 0 Å². The van der Waals surface area contributed by atoms with Gasteiger partial charge in [0.15, 0.2) is 0 Å². The van der Waals surface area contributed by atoms with Crippen molar-refractivity contribution >= 4 is 48.9 Å². The van der Waals surface area contributed by atoms with Gasteiger partial charge in [0.1, 0.15) is 4.88 Å². The second-order valence-electron chi connectivity index (χ2n) is 5.87. The van der Waals surface area contributed by atoms with Crippen LogP contribution in [0.1, 0.15) is 23.5 Å². The summed E-state index contributed by atoms with van der Waals surface area (Å²) in [6.45, 7) is 4.73. The zero-order valence-electron chi connectivity index (χ0n) is 12.7. The maximum atomic E-state index is 12.4. The van der Waals surface area contributed by atoms with Gasteiger partial charge in [-0.1, -0.05) is 22.0 Å². The fourth-order valence-corrected chi connectivity index (χ4v) is 3.39. The van der Waals surface area contributed by atoms with Crippen molar-refractivity contribution in [1.82, 2.24) is 10.2 Å². The van der Waals surface area contributed by atoms with E-state index >= 15 is 0 Å². The van der Waals surface area contributed by atoms with E-state index in [2.05, 4.69) is 40.0 Å². The topological polar surface area (TPSA) is 58.4 Å². The number of benzene rings is 1. The van der Waals surface area contributed by atoms with Gasteiger partial charge in [-0.15, -0.1) is 11.3 Å². The first kappa shape index (κ1) is 16.3.